The lowest BCUT2D eigenvalue weighted by Crippen LogP contribution is -2.14. The van der Waals surface area contributed by atoms with Gasteiger partial charge in [0.05, 0.1) is 12.7 Å². The molecule has 1 amide bonds. The molecule has 0 atom stereocenters. The van der Waals surface area contributed by atoms with Crippen LogP contribution in [0, 0.1) is 0 Å². The van der Waals surface area contributed by atoms with Crippen molar-refractivity contribution in [3.63, 3.8) is 0 Å². The summed E-state index contributed by atoms with van der Waals surface area (Å²) in [6.45, 7) is 0. The zero-order valence-electron chi connectivity index (χ0n) is 6.09. The second kappa shape index (κ2) is 3.34. The Balaban J connectivity index is 2.84. The Morgan fingerprint density at radius 2 is 2.33 bits per heavy atom. The molecule has 2 N–H and O–H groups in total. The molecule has 12 heavy (non-hydrogen) atoms. The van der Waals surface area contributed by atoms with Crippen molar-refractivity contribution >= 4 is 5.91 Å². The SMILES string of the molecule is NC(=O)Cc1ccoc1C(F)F. The van der Waals surface area contributed by atoms with Crippen LogP contribution < -0.4 is 5.73 Å². The largest absolute Gasteiger partial charge is 0.463 e. The van der Waals surface area contributed by atoms with E-state index in [1.54, 1.807) is 0 Å². The highest BCUT2D eigenvalue weighted by molar-refractivity contribution is 5.76. The molecule has 0 radical (unpaired) electrons. The summed E-state index contributed by atoms with van der Waals surface area (Å²) in [5.74, 6) is -1.13. The van der Waals surface area contributed by atoms with E-state index in [9.17, 15) is 13.6 Å². The molecule has 0 aliphatic rings. The molecule has 5 heteroatoms. The number of hydrogen-bond acceptors (Lipinski definition) is 2. The van der Waals surface area contributed by atoms with Gasteiger partial charge >= 0.3 is 0 Å². The van der Waals surface area contributed by atoms with Gasteiger partial charge in [0.25, 0.3) is 6.43 Å². The molecule has 0 saturated carbocycles. The van der Waals surface area contributed by atoms with Crippen LogP contribution in [-0.4, -0.2) is 5.91 Å². The monoisotopic (exact) mass is 175 g/mol. The van der Waals surface area contributed by atoms with Crippen LogP contribution in [0.3, 0.4) is 0 Å². The third kappa shape index (κ3) is 1.81. The maximum atomic E-state index is 12.1. The van der Waals surface area contributed by atoms with Gasteiger partial charge in [-0.3, -0.25) is 4.79 Å². The van der Waals surface area contributed by atoms with E-state index >= 15 is 0 Å². The first-order valence-electron chi connectivity index (χ1n) is 3.24. The van der Waals surface area contributed by atoms with Crippen molar-refractivity contribution < 1.29 is 18.0 Å². The fourth-order valence-corrected chi connectivity index (χ4v) is 0.873. The minimum atomic E-state index is -2.70. The number of amides is 1. The summed E-state index contributed by atoms with van der Waals surface area (Å²) in [5, 5.41) is 0. The van der Waals surface area contributed by atoms with Crippen LogP contribution in [0.4, 0.5) is 8.78 Å². The van der Waals surface area contributed by atoms with Crippen molar-refractivity contribution in [3.8, 4) is 0 Å². The quantitative estimate of drug-likeness (QED) is 0.751. The number of carbonyl (C=O) groups excluding carboxylic acids is 1. The number of hydrogen-bond donors (Lipinski definition) is 1. The first-order chi connectivity index (χ1) is 5.61. The standard InChI is InChI=1S/C7H7F2NO2/c8-7(9)6-4(1-2-12-6)3-5(10)11/h1-2,7H,3H2,(H2,10,11). The predicted octanol–water partition coefficient (Wildman–Crippen LogP) is 1.24. The van der Waals surface area contributed by atoms with E-state index in [1.807, 2.05) is 0 Å². The van der Waals surface area contributed by atoms with Crippen LogP contribution >= 0.6 is 0 Å². The smallest absolute Gasteiger partial charge is 0.295 e. The fourth-order valence-electron chi connectivity index (χ4n) is 0.873. The average Bonchev–Trinajstić information content (AvgIpc) is 2.33. The first-order valence-corrected chi connectivity index (χ1v) is 3.24. The van der Waals surface area contributed by atoms with Crippen LogP contribution in [0.15, 0.2) is 16.7 Å². The van der Waals surface area contributed by atoms with Gasteiger partial charge in [-0.1, -0.05) is 0 Å². The van der Waals surface area contributed by atoms with E-state index in [-0.39, 0.29) is 12.0 Å². The Kier molecular flexibility index (Phi) is 2.42. The third-order valence-electron chi connectivity index (χ3n) is 1.34. The normalized spacial score (nSPS) is 10.6. The van der Waals surface area contributed by atoms with E-state index in [4.69, 9.17) is 5.73 Å². The minimum absolute atomic E-state index is 0.150. The number of primary amides is 1. The van der Waals surface area contributed by atoms with E-state index in [2.05, 4.69) is 4.42 Å². The predicted molar refractivity (Wildman–Crippen MR) is 36.6 cm³/mol. The summed E-state index contributed by atoms with van der Waals surface area (Å²) in [6.07, 6.45) is -1.80. The summed E-state index contributed by atoms with van der Waals surface area (Å²) in [5.41, 5.74) is 4.98. The van der Waals surface area contributed by atoms with Crippen LogP contribution in [0.5, 0.6) is 0 Å². The Morgan fingerprint density at radius 1 is 1.67 bits per heavy atom. The third-order valence-corrected chi connectivity index (χ3v) is 1.34. The molecule has 1 heterocycles. The molecule has 0 aromatic carbocycles. The van der Waals surface area contributed by atoms with Crippen molar-refractivity contribution in [1.82, 2.24) is 0 Å². The van der Waals surface area contributed by atoms with Gasteiger partial charge in [-0.15, -0.1) is 0 Å². The highest BCUT2D eigenvalue weighted by atomic mass is 19.3. The molecular formula is C7H7F2NO2. The lowest BCUT2D eigenvalue weighted by molar-refractivity contribution is -0.117. The van der Waals surface area contributed by atoms with Crippen LogP contribution in [0.25, 0.3) is 0 Å². The summed E-state index contributed by atoms with van der Waals surface area (Å²) in [6, 6.07) is 1.31. The van der Waals surface area contributed by atoms with E-state index in [0.29, 0.717) is 0 Å². The van der Waals surface area contributed by atoms with Crippen LogP contribution in [0.2, 0.25) is 0 Å². The van der Waals surface area contributed by atoms with Gasteiger partial charge in [-0.05, 0) is 6.07 Å². The molecule has 0 saturated heterocycles. The van der Waals surface area contributed by atoms with Gasteiger partial charge in [0.2, 0.25) is 5.91 Å². The molecule has 0 aliphatic carbocycles. The lowest BCUT2D eigenvalue weighted by atomic mass is 10.2. The van der Waals surface area contributed by atoms with Gasteiger partial charge in [-0.25, -0.2) is 8.78 Å². The molecule has 66 valence electrons. The van der Waals surface area contributed by atoms with Gasteiger partial charge < -0.3 is 10.2 Å². The summed E-state index contributed by atoms with van der Waals surface area (Å²) >= 11 is 0. The Labute approximate surface area is 67.2 Å². The topological polar surface area (TPSA) is 56.2 Å². The van der Waals surface area contributed by atoms with Crippen LogP contribution in [0.1, 0.15) is 17.7 Å². The number of rotatable bonds is 3. The van der Waals surface area contributed by atoms with E-state index < -0.39 is 18.1 Å². The Bertz CT molecular complexity index is 283. The number of halogens is 2. The van der Waals surface area contributed by atoms with Gasteiger partial charge in [0.1, 0.15) is 0 Å². The Morgan fingerprint density at radius 3 is 2.83 bits per heavy atom. The van der Waals surface area contributed by atoms with Crippen molar-refractivity contribution in [2.75, 3.05) is 0 Å². The molecule has 0 bridgehead atoms. The zero-order chi connectivity index (χ0) is 9.14. The van der Waals surface area contributed by atoms with E-state index in [1.165, 1.54) is 6.07 Å². The molecular weight excluding hydrogens is 168 g/mol. The first kappa shape index (κ1) is 8.70. The number of furan rings is 1. The van der Waals surface area contributed by atoms with Crippen molar-refractivity contribution in [3.05, 3.63) is 23.7 Å². The van der Waals surface area contributed by atoms with Crippen molar-refractivity contribution in [1.29, 1.82) is 0 Å². The maximum Gasteiger partial charge on any atom is 0.295 e. The van der Waals surface area contributed by atoms with Gasteiger partial charge in [0, 0.05) is 5.56 Å². The fraction of sp³-hybridized carbons (Fsp3) is 0.286. The van der Waals surface area contributed by atoms with Gasteiger partial charge in [0.15, 0.2) is 5.76 Å². The summed E-state index contributed by atoms with van der Waals surface area (Å²) < 4.78 is 28.6. The second-order valence-corrected chi connectivity index (χ2v) is 2.25. The molecule has 0 aliphatic heterocycles. The van der Waals surface area contributed by atoms with Gasteiger partial charge in [-0.2, -0.15) is 0 Å². The summed E-state index contributed by atoms with van der Waals surface area (Å²) in [7, 11) is 0. The highest BCUT2D eigenvalue weighted by Gasteiger charge is 2.17. The zero-order valence-corrected chi connectivity index (χ0v) is 6.09. The maximum absolute atomic E-state index is 12.1. The molecule has 0 spiro atoms. The Hall–Kier alpha value is -1.39. The molecule has 0 fully saturated rings. The number of carbonyl (C=O) groups is 1. The second-order valence-electron chi connectivity index (χ2n) is 2.25. The molecule has 1 rings (SSSR count). The molecule has 1 aromatic heterocycles. The van der Waals surface area contributed by atoms with Crippen molar-refractivity contribution in [2.24, 2.45) is 5.73 Å². The van der Waals surface area contributed by atoms with Crippen molar-refractivity contribution in [2.45, 2.75) is 12.8 Å². The molecule has 0 unspecified atom stereocenters. The summed E-state index contributed by atoms with van der Waals surface area (Å²) in [4.78, 5) is 10.4. The molecule has 1 aromatic rings. The number of alkyl halides is 2. The minimum Gasteiger partial charge on any atom is -0.463 e. The number of nitrogens with two attached hydrogens (primary N) is 1. The van der Waals surface area contributed by atoms with E-state index in [0.717, 1.165) is 6.26 Å². The average molecular weight is 175 g/mol. The van der Waals surface area contributed by atoms with Crippen LogP contribution in [-0.2, 0) is 11.2 Å². The lowest BCUT2D eigenvalue weighted by Gasteiger charge is -1.97. The highest BCUT2D eigenvalue weighted by Crippen LogP contribution is 2.23. The molecule has 3 nitrogen and oxygen atoms in total.